The molecule has 0 bridgehead atoms. The molecule has 0 amide bonds. The summed E-state index contributed by atoms with van der Waals surface area (Å²) in [5.74, 6) is -1.09. The minimum absolute atomic E-state index is 0.347. The fourth-order valence-electron chi connectivity index (χ4n) is 1.50. The third kappa shape index (κ3) is 5.42. The van der Waals surface area contributed by atoms with Crippen LogP contribution in [0, 0.1) is 0 Å². The fourth-order valence-corrected chi connectivity index (χ4v) is 2.93. The van der Waals surface area contributed by atoms with Gasteiger partial charge in [0.05, 0.1) is 12.2 Å². The normalized spacial score (nSPS) is 28.1. The molecule has 2 unspecified atom stereocenters. The van der Waals surface area contributed by atoms with Crippen LogP contribution in [0.2, 0.25) is 0 Å². The maximum absolute atomic E-state index is 10.5. The van der Waals surface area contributed by atoms with Gasteiger partial charge in [-0.1, -0.05) is 0 Å². The molecule has 7 nitrogen and oxygen atoms in total. The van der Waals surface area contributed by atoms with Gasteiger partial charge in [0.15, 0.2) is 0 Å². The second kappa shape index (κ2) is 4.34. The van der Waals surface area contributed by atoms with Crippen molar-refractivity contribution in [3.63, 3.8) is 0 Å². The van der Waals surface area contributed by atoms with E-state index >= 15 is 0 Å². The summed E-state index contributed by atoms with van der Waals surface area (Å²) in [4.78, 5) is 0. The first kappa shape index (κ1) is 12.8. The van der Waals surface area contributed by atoms with Crippen LogP contribution in [-0.4, -0.2) is 49.7 Å². The van der Waals surface area contributed by atoms with Crippen LogP contribution in [0.3, 0.4) is 0 Å². The zero-order chi connectivity index (χ0) is 11.7. The molecule has 1 aliphatic heterocycles. The standard InChI is InChI=1S/C6H12O7S2/c7-14(8,9)3-5-1-2-6(13-5)4-15(10,11)12/h5-6H,1-4H2,(H,7,8,9)(H,10,11,12). The summed E-state index contributed by atoms with van der Waals surface area (Å²) in [6.45, 7) is 0. The molecule has 0 spiro atoms. The molecule has 1 aliphatic rings. The molecule has 0 aliphatic carbocycles. The Hall–Kier alpha value is -0.220. The Kier molecular flexibility index (Phi) is 3.71. The lowest BCUT2D eigenvalue weighted by atomic mass is 10.2. The summed E-state index contributed by atoms with van der Waals surface area (Å²) in [6, 6.07) is 0. The Bertz CT molecular complexity index is 369. The van der Waals surface area contributed by atoms with Crippen molar-refractivity contribution in [2.75, 3.05) is 11.5 Å². The van der Waals surface area contributed by atoms with Crippen molar-refractivity contribution in [2.45, 2.75) is 25.0 Å². The van der Waals surface area contributed by atoms with Crippen LogP contribution >= 0.6 is 0 Å². The Labute approximate surface area is 87.9 Å². The topological polar surface area (TPSA) is 118 Å². The summed E-state index contributed by atoms with van der Waals surface area (Å²) in [6.07, 6.45) is -0.710. The maximum Gasteiger partial charge on any atom is 0.267 e. The van der Waals surface area contributed by atoms with Crippen molar-refractivity contribution in [3.05, 3.63) is 0 Å². The first-order chi connectivity index (χ1) is 6.66. The fraction of sp³-hybridized carbons (Fsp3) is 1.00. The van der Waals surface area contributed by atoms with Gasteiger partial charge in [-0.3, -0.25) is 9.11 Å². The zero-order valence-electron chi connectivity index (χ0n) is 7.74. The van der Waals surface area contributed by atoms with Crippen LogP contribution < -0.4 is 0 Å². The predicted octanol–water partition coefficient (Wildman–Crippen LogP) is -0.690. The number of rotatable bonds is 4. The highest BCUT2D eigenvalue weighted by atomic mass is 32.2. The molecule has 1 rings (SSSR count). The first-order valence-electron chi connectivity index (χ1n) is 4.21. The van der Waals surface area contributed by atoms with E-state index in [1.807, 2.05) is 0 Å². The molecule has 0 aromatic rings. The lowest BCUT2D eigenvalue weighted by molar-refractivity contribution is 0.0691. The van der Waals surface area contributed by atoms with E-state index in [2.05, 4.69) is 0 Å². The van der Waals surface area contributed by atoms with E-state index < -0.39 is 43.9 Å². The molecule has 1 saturated heterocycles. The predicted molar refractivity (Wildman–Crippen MR) is 50.7 cm³/mol. The van der Waals surface area contributed by atoms with E-state index in [1.54, 1.807) is 0 Å². The molecule has 0 radical (unpaired) electrons. The molecule has 9 heteroatoms. The molecule has 2 atom stereocenters. The van der Waals surface area contributed by atoms with Gasteiger partial charge >= 0.3 is 0 Å². The largest absolute Gasteiger partial charge is 0.373 e. The quantitative estimate of drug-likeness (QED) is 0.642. The molecule has 1 heterocycles. The first-order valence-corrected chi connectivity index (χ1v) is 7.43. The molecule has 90 valence electrons. The van der Waals surface area contributed by atoms with Crippen molar-refractivity contribution in [1.82, 2.24) is 0 Å². The van der Waals surface area contributed by atoms with E-state index in [1.165, 1.54) is 0 Å². The van der Waals surface area contributed by atoms with Gasteiger partial charge in [-0.25, -0.2) is 0 Å². The molecular weight excluding hydrogens is 248 g/mol. The average molecular weight is 260 g/mol. The van der Waals surface area contributed by atoms with E-state index in [4.69, 9.17) is 13.8 Å². The van der Waals surface area contributed by atoms with Crippen molar-refractivity contribution in [3.8, 4) is 0 Å². The summed E-state index contributed by atoms with van der Waals surface area (Å²) < 4.78 is 64.0. The van der Waals surface area contributed by atoms with Gasteiger partial charge < -0.3 is 4.74 Å². The van der Waals surface area contributed by atoms with Gasteiger partial charge in [-0.15, -0.1) is 0 Å². The van der Waals surface area contributed by atoms with E-state index in [9.17, 15) is 16.8 Å². The van der Waals surface area contributed by atoms with Crippen LogP contribution in [0.25, 0.3) is 0 Å². The third-order valence-corrected chi connectivity index (χ3v) is 3.57. The summed E-state index contributed by atoms with van der Waals surface area (Å²) in [5, 5.41) is 0. The van der Waals surface area contributed by atoms with Crippen molar-refractivity contribution < 1.29 is 30.7 Å². The van der Waals surface area contributed by atoms with Crippen LogP contribution in [-0.2, 0) is 25.0 Å². The van der Waals surface area contributed by atoms with Gasteiger partial charge in [-0.05, 0) is 12.8 Å². The second-order valence-electron chi connectivity index (χ2n) is 3.45. The van der Waals surface area contributed by atoms with E-state index in [0.717, 1.165) is 0 Å². The van der Waals surface area contributed by atoms with Gasteiger partial charge in [0.25, 0.3) is 20.2 Å². The van der Waals surface area contributed by atoms with Gasteiger partial charge in [0.1, 0.15) is 11.5 Å². The Morgan fingerprint density at radius 1 is 0.933 bits per heavy atom. The summed E-state index contributed by atoms with van der Waals surface area (Å²) >= 11 is 0. The van der Waals surface area contributed by atoms with Crippen molar-refractivity contribution >= 4 is 20.2 Å². The number of hydrogen-bond acceptors (Lipinski definition) is 5. The van der Waals surface area contributed by atoms with Crippen molar-refractivity contribution in [2.24, 2.45) is 0 Å². The third-order valence-electron chi connectivity index (χ3n) is 1.99. The SMILES string of the molecule is O=S(=O)(O)CC1CCC(CS(=O)(=O)O)O1. The van der Waals surface area contributed by atoms with Crippen LogP contribution in [0.15, 0.2) is 0 Å². The smallest absolute Gasteiger partial charge is 0.267 e. The minimum Gasteiger partial charge on any atom is -0.373 e. The number of hydrogen-bond donors (Lipinski definition) is 2. The minimum atomic E-state index is -4.11. The van der Waals surface area contributed by atoms with E-state index in [-0.39, 0.29) is 0 Å². The maximum atomic E-state index is 10.5. The molecule has 0 saturated carbocycles. The molecular formula is C6H12O7S2. The van der Waals surface area contributed by atoms with Gasteiger partial charge in [-0.2, -0.15) is 16.8 Å². The van der Waals surface area contributed by atoms with Crippen LogP contribution in [0.1, 0.15) is 12.8 Å². The Balaban J connectivity index is 2.47. The lowest BCUT2D eigenvalue weighted by Crippen LogP contribution is -2.24. The number of ether oxygens (including phenoxy) is 1. The highest BCUT2D eigenvalue weighted by Gasteiger charge is 2.31. The molecule has 15 heavy (non-hydrogen) atoms. The van der Waals surface area contributed by atoms with Crippen molar-refractivity contribution in [1.29, 1.82) is 0 Å². The second-order valence-corrected chi connectivity index (χ2v) is 6.45. The summed E-state index contributed by atoms with van der Waals surface area (Å²) in [5.41, 5.74) is 0. The monoisotopic (exact) mass is 260 g/mol. The molecule has 0 aromatic heterocycles. The zero-order valence-corrected chi connectivity index (χ0v) is 9.37. The van der Waals surface area contributed by atoms with Gasteiger partial charge in [0, 0.05) is 0 Å². The Morgan fingerprint density at radius 3 is 1.53 bits per heavy atom. The Morgan fingerprint density at radius 2 is 1.27 bits per heavy atom. The lowest BCUT2D eigenvalue weighted by Gasteiger charge is -2.10. The highest BCUT2D eigenvalue weighted by molar-refractivity contribution is 7.86. The molecule has 0 aromatic carbocycles. The van der Waals surface area contributed by atoms with Crippen LogP contribution in [0.5, 0.6) is 0 Å². The van der Waals surface area contributed by atoms with E-state index in [0.29, 0.717) is 12.8 Å². The molecule has 1 fully saturated rings. The molecule has 2 N–H and O–H groups in total. The van der Waals surface area contributed by atoms with Crippen LogP contribution in [0.4, 0.5) is 0 Å². The van der Waals surface area contributed by atoms with Gasteiger partial charge in [0.2, 0.25) is 0 Å². The highest BCUT2D eigenvalue weighted by Crippen LogP contribution is 2.21. The average Bonchev–Trinajstić information content (AvgIpc) is 2.28. The summed E-state index contributed by atoms with van der Waals surface area (Å²) in [7, 11) is -8.22.